The minimum absolute atomic E-state index is 0.000784. The van der Waals surface area contributed by atoms with E-state index in [2.05, 4.69) is 18.9 Å². The highest BCUT2D eigenvalue weighted by Gasteiger charge is 2.41. The van der Waals surface area contributed by atoms with Crippen LogP contribution in [0.5, 0.6) is 0 Å². The number of carbonyl (C=O) groups excluding carboxylic acids is 3. The summed E-state index contributed by atoms with van der Waals surface area (Å²) in [6, 6.07) is 0. The highest BCUT2D eigenvalue weighted by atomic mass is 17.2. The fourth-order valence-corrected chi connectivity index (χ4v) is 8.85. The zero-order valence-electron chi connectivity index (χ0n) is 33.1. The van der Waals surface area contributed by atoms with Gasteiger partial charge in [-0.05, 0) is 127 Å². The molecule has 4 aliphatic rings. The van der Waals surface area contributed by atoms with E-state index < -0.39 is 0 Å². The first kappa shape index (κ1) is 44.1. The first-order valence-electron chi connectivity index (χ1n) is 21.5. The number of unbranched alkanes of at least 4 members (excludes halogenated alkanes) is 8. The van der Waals surface area contributed by atoms with E-state index in [1.54, 1.807) is 0 Å². The molecule has 0 bridgehead atoms. The lowest BCUT2D eigenvalue weighted by Gasteiger charge is -2.41. The molecule has 54 heavy (non-hydrogen) atoms. The van der Waals surface area contributed by atoms with Gasteiger partial charge in [-0.3, -0.25) is 9.59 Å². The smallest absolute Gasteiger partial charge is 0.330 e. The SMILES string of the molecule is C=C=COOCCCCCCOC1CCC(OC(=O)C2CCC3CC(OC(=O)C4CCC(OCCCCCCCCOC(=O)C=C)CC4)CCC3C2)CC1. The lowest BCUT2D eigenvalue weighted by atomic mass is 9.67. The van der Waals surface area contributed by atoms with E-state index in [9.17, 15) is 14.4 Å². The topological polar surface area (TPSA) is 116 Å². The molecule has 4 rings (SSSR count). The van der Waals surface area contributed by atoms with Gasteiger partial charge in [0, 0.05) is 19.3 Å². The minimum atomic E-state index is -0.348. The number of esters is 3. The van der Waals surface area contributed by atoms with E-state index in [0.717, 1.165) is 167 Å². The molecule has 0 heterocycles. The van der Waals surface area contributed by atoms with Crippen molar-refractivity contribution in [2.24, 2.45) is 23.7 Å². The van der Waals surface area contributed by atoms with Crippen molar-refractivity contribution in [3.63, 3.8) is 0 Å². The van der Waals surface area contributed by atoms with Gasteiger partial charge in [0.1, 0.15) is 12.2 Å². The van der Waals surface area contributed by atoms with E-state index in [-0.39, 0.29) is 54.2 Å². The average Bonchev–Trinajstić information content (AvgIpc) is 3.19. The monoisotopic (exact) mass is 758 g/mol. The van der Waals surface area contributed by atoms with Gasteiger partial charge in [0.2, 0.25) is 0 Å². The molecule has 4 atom stereocenters. The highest BCUT2D eigenvalue weighted by molar-refractivity contribution is 5.81. The first-order valence-corrected chi connectivity index (χ1v) is 21.5. The molecule has 10 heteroatoms. The largest absolute Gasteiger partial charge is 0.463 e. The number of ether oxygens (including phenoxy) is 5. The van der Waals surface area contributed by atoms with Crippen LogP contribution in [0.4, 0.5) is 0 Å². The summed E-state index contributed by atoms with van der Waals surface area (Å²) < 4.78 is 29.4. The van der Waals surface area contributed by atoms with Crippen molar-refractivity contribution in [1.29, 1.82) is 0 Å². The van der Waals surface area contributed by atoms with Gasteiger partial charge in [-0.2, -0.15) is 4.89 Å². The van der Waals surface area contributed by atoms with Crippen LogP contribution in [0, 0.1) is 23.7 Å². The van der Waals surface area contributed by atoms with E-state index in [1.807, 2.05) is 0 Å². The van der Waals surface area contributed by atoms with Gasteiger partial charge in [-0.1, -0.05) is 57.4 Å². The molecule has 4 unspecified atom stereocenters. The van der Waals surface area contributed by atoms with Crippen LogP contribution in [-0.4, -0.2) is 68.8 Å². The molecule has 0 N–H and O–H groups in total. The second-order valence-electron chi connectivity index (χ2n) is 16.1. The summed E-state index contributed by atoms with van der Waals surface area (Å²) >= 11 is 0. The van der Waals surface area contributed by atoms with Crippen LogP contribution in [0.2, 0.25) is 0 Å². The van der Waals surface area contributed by atoms with Gasteiger partial charge in [-0.15, -0.1) is 0 Å². The van der Waals surface area contributed by atoms with E-state index in [4.69, 9.17) is 33.5 Å². The standard InChI is InChI=1S/C44H70O10/c1-3-27-51-52-31-14-10-9-12-29-49-39-23-25-40(26-24-39)53-44(47)37-16-15-36-33-41(22-19-35(36)32-37)54-43(46)34-17-20-38(21-18-34)48-28-11-7-5-6-8-13-30-50-42(45)4-2/h4,27,34-41H,1-2,5-26,28-33H2. The van der Waals surface area contributed by atoms with Crippen molar-refractivity contribution in [2.45, 2.75) is 179 Å². The van der Waals surface area contributed by atoms with Crippen molar-refractivity contribution in [3.05, 3.63) is 31.2 Å². The van der Waals surface area contributed by atoms with Gasteiger partial charge in [0.05, 0.1) is 37.3 Å². The maximum Gasteiger partial charge on any atom is 0.330 e. The van der Waals surface area contributed by atoms with Crippen molar-refractivity contribution >= 4 is 17.9 Å². The molecule has 4 aliphatic carbocycles. The molecule has 0 spiro atoms. The van der Waals surface area contributed by atoms with Crippen molar-refractivity contribution in [3.8, 4) is 0 Å². The van der Waals surface area contributed by atoms with Crippen molar-refractivity contribution < 1.29 is 47.8 Å². The maximum atomic E-state index is 13.2. The minimum Gasteiger partial charge on any atom is -0.463 e. The summed E-state index contributed by atoms with van der Waals surface area (Å²) in [5.74, 6) is 0.674. The third-order valence-electron chi connectivity index (χ3n) is 12.1. The molecule has 4 saturated carbocycles. The summed E-state index contributed by atoms with van der Waals surface area (Å²) in [5, 5.41) is 0. The molecular weight excluding hydrogens is 688 g/mol. The molecule has 0 amide bonds. The van der Waals surface area contributed by atoms with Crippen LogP contribution >= 0.6 is 0 Å². The Bertz CT molecular complexity index is 1130. The van der Waals surface area contributed by atoms with Gasteiger partial charge in [0.15, 0.2) is 6.26 Å². The number of carbonyl (C=O) groups is 3. The summed E-state index contributed by atoms with van der Waals surface area (Å²) in [6.07, 6.45) is 26.6. The van der Waals surface area contributed by atoms with Crippen LogP contribution < -0.4 is 0 Å². The molecule has 10 nitrogen and oxygen atoms in total. The Morgan fingerprint density at radius 3 is 1.67 bits per heavy atom. The molecule has 0 radical (unpaired) electrons. The second kappa shape index (κ2) is 26.2. The number of hydrogen-bond acceptors (Lipinski definition) is 10. The van der Waals surface area contributed by atoms with Crippen molar-refractivity contribution in [2.75, 3.05) is 26.4 Å². The quantitative estimate of drug-likeness (QED) is 0.0130. The number of fused-ring (bicyclic) bond motifs is 1. The average molecular weight is 759 g/mol. The Kier molecular flexibility index (Phi) is 21.4. The molecule has 0 aromatic heterocycles. The highest BCUT2D eigenvalue weighted by Crippen LogP contribution is 2.44. The second-order valence-corrected chi connectivity index (χ2v) is 16.1. The van der Waals surface area contributed by atoms with Crippen LogP contribution in [0.25, 0.3) is 0 Å². The summed E-state index contributed by atoms with van der Waals surface area (Å²) in [5.41, 5.74) is 2.49. The summed E-state index contributed by atoms with van der Waals surface area (Å²) in [4.78, 5) is 47.1. The third kappa shape index (κ3) is 17.0. The van der Waals surface area contributed by atoms with E-state index in [0.29, 0.717) is 25.0 Å². The zero-order chi connectivity index (χ0) is 38.2. The van der Waals surface area contributed by atoms with Gasteiger partial charge in [0.25, 0.3) is 0 Å². The normalized spacial score (nSPS) is 28.1. The Balaban J connectivity index is 0.981. The maximum absolute atomic E-state index is 13.2. The number of hydrogen-bond donors (Lipinski definition) is 0. The predicted molar refractivity (Wildman–Crippen MR) is 206 cm³/mol. The van der Waals surface area contributed by atoms with Gasteiger partial charge >= 0.3 is 17.9 Å². The fourth-order valence-electron chi connectivity index (χ4n) is 8.85. The van der Waals surface area contributed by atoms with Gasteiger partial charge in [-0.25, -0.2) is 4.79 Å². The zero-order valence-corrected chi connectivity index (χ0v) is 33.1. The van der Waals surface area contributed by atoms with Crippen LogP contribution in [0.15, 0.2) is 31.2 Å². The van der Waals surface area contributed by atoms with E-state index >= 15 is 0 Å². The molecular formula is C44H70O10. The fraction of sp³-hybridized carbons (Fsp3) is 0.818. The van der Waals surface area contributed by atoms with Crippen molar-refractivity contribution in [1.82, 2.24) is 0 Å². The Morgan fingerprint density at radius 2 is 1.02 bits per heavy atom. The summed E-state index contributed by atoms with van der Waals surface area (Å²) in [7, 11) is 0. The Morgan fingerprint density at radius 1 is 0.537 bits per heavy atom. The first-order chi connectivity index (χ1) is 26.4. The van der Waals surface area contributed by atoms with Crippen LogP contribution in [0.1, 0.15) is 154 Å². The van der Waals surface area contributed by atoms with Gasteiger partial charge < -0.3 is 28.6 Å². The lowest BCUT2D eigenvalue weighted by Crippen LogP contribution is -2.39. The van der Waals surface area contributed by atoms with E-state index in [1.165, 1.54) is 12.3 Å². The van der Waals surface area contributed by atoms with Crippen LogP contribution in [0.3, 0.4) is 0 Å². The molecule has 0 aromatic carbocycles. The molecule has 306 valence electrons. The Labute approximate surface area is 325 Å². The molecule has 0 aromatic rings. The molecule has 4 fully saturated rings. The summed E-state index contributed by atoms with van der Waals surface area (Å²) in [6.45, 7) is 9.40. The van der Waals surface area contributed by atoms with Crippen LogP contribution in [-0.2, 0) is 47.8 Å². The molecule has 0 saturated heterocycles. The number of rotatable bonds is 25. The predicted octanol–water partition coefficient (Wildman–Crippen LogP) is 9.44. The third-order valence-corrected chi connectivity index (χ3v) is 12.1. The molecule has 0 aliphatic heterocycles. The Hall–Kier alpha value is -2.65. The lowest BCUT2D eigenvalue weighted by molar-refractivity contribution is -0.248.